The topological polar surface area (TPSA) is 57.0 Å². The average molecular weight is 324 g/mol. The number of nitrogens with zero attached hydrogens (tertiary/aromatic N) is 2. The van der Waals surface area contributed by atoms with Crippen molar-refractivity contribution >= 4 is 24.2 Å². The number of benzene rings is 1. The molecule has 0 spiro atoms. The Morgan fingerprint density at radius 1 is 1.23 bits per heavy atom. The van der Waals surface area contributed by atoms with Gasteiger partial charge in [-0.05, 0) is 30.0 Å². The summed E-state index contributed by atoms with van der Waals surface area (Å²) in [7, 11) is 0. The van der Waals surface area contributed by atoms with E-state index in [2.05, 4.69) is 36.3 Å². The summed E-state index contributed by atoms with van der Waals surface area (Å²) < 4.78 is 0. The van der Waals surface area contributed by atoms with Gasteiger partial charge < -0.3 is 10.5 Å². The molecule has 3 unspecified atom stereocenters. The van der Waals surface area contributed by atoms with Gasteiger partial charge in [-0.15, -0.1) is 0 Å². The molecule has 0 saturated carbocycles. The van der Waals surface area contributed by atoms with Crippen molar-refractivity contribution in [3.05, 3.63) is 34.9 Å². The van der Waals surface area contributed by atoms with Crippen molar-refractivity contribution < 1.29 is 5.11 Å². The molecule has 0 amide bonds. The van der Waals surface area contributed by atoms with E-state index in [1.54, 1.807) is 18.3 Å². The van der Waals surface area contributed by atoms with Crippen LogP contribution >= 0.6 is 11.6 Å². The quantitative estimate of drug-likeness (QED) is 0.471. The number of halogens is 1. The Morgan fingerprint density at radius 3 is 2.32 bits per heavy atom. The first kappa shape index (κ1) is 18.7. The second-order valence-corrected chi connectivity index (χ2v) is 6.92. The van der Waals surface area contributed by atoms with Crippen LogP contribution in [0.4, 0.5) is 0 Å². The van der Waals surface area contributed by atoms with Gasteiger partial charge in [0.25, 0.3) is 0 Å². The molecule has 3 atom stereocenters. The summed E-state index contributed by atoms with van der Waals surface area (Å²) in [6.45, 7) is 10.2. The van der Waals surface area contributed by atoms with E-state index in [1.165, 1.54) is 6.34 Å². The minimum atomic E-state index is -0.598. The van der Waals surface area contributed by atoms with Gasteiger partial charge in [-0.1, -0.05) is 51.4 Å². The SMILES string of the molecule is CC=N/C=N\NC(C(C)C(O)c1ccc(Cl)cc1)C(C)(C)C. The fourth-order valence-electron chi connectivity index (χ4n) is 2.46. The molecule has 122 valence electrons. The van der Waals surface area contributed by atoms with Gasteiger partial charge in [0.15, 0.2) is 0 Å². The Kier molecular flexibility index (Phi) is 7.04. The van der Waals surface area contributed by atoms with Crippen LogP contribution in [0, 0.1) is 11.3 Å². The summed E-state index contributed by atoms with van der Waals surface area (Å²) in [4.78, 5) is 3.94. The molecule has 1 aromatic carbocycles. The maximum absolute atomic E-state index is 10.7. The molecule has 2 N–H and O–H groups in total. The van der Waals surface area contributed by atoms with E-state index in [4.69, 9.17) is 11.6 Å². The first-order valence-electron chi connectivity index (χ1n) is 7.45. The Morgan fingerprint density at radius 2 is 1.82 bits per heavy atom. The fraction of sp³-hybridized carbons (Fsp3) is 0.529. The van der Waals surface area contributed by atoms with Gasteiger partial charge in [-0.2, -0.15) is 5.10 Å². The highest BCUT2D eigenvalue weighted by atomic mass is 35.5. The molecular formula is C17H26ClN3O. The zero-order valence-corrected chi connectivity index (χ0v) is 14.7. The highest BCUT2D eigenvalue weighted by Crippen LogP contribution is 2.33. The third-order valence-corrected chi connectivity index (χ3v) is 3.91. The first-order valence-corrected chi connectivity index (χ1v) is 7.83. The molecule has 0 aliphatic carbocycles. The van der Waals surface area contributed by atoms with Crippen LogP contribution in [-0.2, 0) is 0 Å². The van der Waals surface area contributed by atoms with Crippen molar-refractivity contribution in [2.45, 2.75) is 46.8 Å². The van der Waals surface area contributed by atoms with Crippen LogP contribution in [0.2, 0.25) is 5.02 Å². The van der Waals surface area contributed by atoms with E-state index in [0.717, 1.165) is 5.56 Å². The highest BCUT2D eigenvalue weighted by molar-refractivity contribution is 6.30. The molecule has 0 saturated heterocycles. The third-order valence-electron chi connectivity index (χ3n) is 3.66. The highest BCUT2D eigenvalue weighted by Gasteiger charge is 2.34. The number of aliphatic hydroxyl groups is 1. The van der Waals surface area contributed by atoms with Crippen molar-refractivity contribution in [1.29, 1.82) is 0 Å². The van der Waals surface area contributed by atoms with Gasteiger partial charge in [-0.25, -0.2) is 4.99 Å². The van der Waals surface area contributed by atoms with Crippen LogP contribution in [-0.4, -0.2) is 23.7 Å². The summed E-state index contributed by atoms with van der Waals surface area (Å²) in [5.74, 6) is -0.0380. The number of nitrogens with one attached hydrogen (secondary N) is 1. The zero-order valence-electron chi connectivity index (χ0n) is 13.9. The summed E-state index contributed by atoms with van der Waals surface area (Å²) in [5, 5.41) is 15.4. The number of hydrogen-bond acceptors (Lipinski definition) is 3. The van der Waals surface area contributed by atoms with E-state index in [9.17, 15) is 5.11 Å². The molecule has 0 aliphatic heterocycles. The summed E-state index contributed by atoms with van der Waals surface area (Å²) in [6.07, 6.45) is 2.54. The lowest BCUT2D eigenvalue weighted by Gasteiger charge is -2.37. The lowest BCUT2D eigenvalue weighted by atomic mass is 9.76. The van der Waals surface area contributed by atoms with Gasteiger partial charge in [0.1, 0.15) is 6.34 Å². The number of aliphatic hydroxyl groups excluding tert-OH is 1. The Balaban J connectivity index is 2.90. The van der Waals surface area contributed by atoms with E-state index in [0.29, 0.717) is 5.02 Å². The Labute approximate surface area is 138 Å². The summed E-state index contributed by atoms with van der Waals surface area (Å²) in [6, 6.07) is 7.28. The molecule has 0 bridgehead atoms. The van der Waals surface area contributed by atoms with Crippen LogP contribution < -0.4 is 5.43 Å². The monoisotopic (exact) mass is 323 g/mol. The zero-order chi connectivity index (χ0) is 16.8. The maximum atomic E-state index is 10.7. The van der Waals surface area contributed by atoms with E-state index in [1.807, 2.05) is 26.0 Å². The molecule has 0 heterocycles. The fourth-order valence-corrected chi connectivity index (χ4v) is 2.59. The molecule has 5 heteroatoms. The predicted molar refractivity (Wildman–Crippen MR) is 94.6 cm³/mol. The molecule has 1 aromatic rings. The average Bonchev–Trinajstić information content (AvgIpc) is 2.45. The number of rotatable bonds is 6. The van der Waals surface area contributed by atoms with E-state index in [-0.39, 0.29) is 17.4 Å². The van der Waals surface area contributed by atoms with Crippen molar-refractivity contribution in [2.24, 2.45) is 21.4 Å². The minimum Gasteiger partial charge on any atom is -0.388 e. The van der Waals surface area contributed by atoms with Crippen LogP contribution in [0.25, 0.3) is 0 Å². The second-order valence-electron chi connectivity index (χ2n) is 6.48. The van der Waals surface area contributed by atoms with Gasteiger partial charge in [-0.3, -0.25) is 0 Å². The van der Waals surface area contributed by atoms with Crippen molar-refractivity contribution in [1.82, 2.24) is 5.43 Å². The molecule has 1 rings (SSSR count). The summed E-state index contributed by atoms with van der Waals surface area (Å²) in [5.41, 5.74) is 3.91. The Bertz CT molecular complexity index is 506. The summed E-state index contributed by atoms with van der Waals surface area (Å²) >= 11 is 5.90. The predicted octanol–water partition coefficient (Wildman–Crippen LogP) is 4.05. The molecule has 0 radical (unpaired) electrons. The number of hydrogen-bond donors (Lipinski definition) is 2. The smallest absolute Gasteiger partial charge is 0.134 e. The lowest BCUT2D eigenvalue weighted by molar-refractivity contribution is 0.0601. The van der Waals surface area contributed by atoms with Crippen LogP contribution in [0.3, 0.4) is 0 Å². The van der Waals surface area contributed by atoms with Crippen LogP contribution in [0.1, 0.15) is 46.3 Å². The van der Waals surface area contributed by atoms with Crippen molar-refractivity contribution in [2.75, 3.05) is 0 Å². The van der Waals surface area contributed by atoms with Crippen LogP contribution in [0.5, 0.6) is 0 Å². The van der Waals surface area contributed by atoms with Gasteiger partial charge in [0, 0.05) is 17.2 Å². The van der Waals surface area contributed by atoms with Crippen molar-refractivity contribution in [3.63, 3.8) is 0 Å². The largest absolute Gasteiger partial charge is 0.388 e. The van der Waals surface area contributed by atoms with Gasteiger partial charge in [0.2, 0.25) is 0 Å². The molecule has 0 fully saturated rings. The van der Waals surface area contributed by atoms with Crippen molar-refractivity contribution in [3.8, 4) is 0 Å². The van der Waals surface area contributed by atoms with Crippen LogP contribution in [0.15, 0.2) is 34.4 Å². The second kappa shape index (κ2) is 8.30. The number of aliphatic imine (C=N–C) groups is 1. The molecular weight excluding hydrogens is 298 g/mol. The lowest BCUT2D eigenvalue weighted by Crippen LogP contribution is -2.44. The van der Waals surface area contributed by atoms with Gasteiger partial charge >= 0.3 is 0 Å². The first-order chi connectivity index (χ1) is 10.3. The third kappa shape index (κ3) is 5.43. The van der Waals surface area contributed by atoms with E-state index < -0.39 is 6.10 Å². The van der Waals surface area contributed by atoms with E-state index >= 15 is 0 Å². The standard InChI is InChI=1S/C17H26ClN3O/c1-6-19-11-20-21-16(17(3,4)5)12(2)15(22)13-7-9-14(18)10-8-13/h6-12,15-16,21-22H,1-5H3/b19-6?,20-11-. The number of hydrazone groups is 1. The molecule has 22 heavy (non-hydrogen) atoms. The van der Waals surface area contributed by atoms with Gasteiger partial charge in [0.05, 0.1) is 12.1 Å². The minimum absolute atomic E-state index is 0.0125. The Hall–Kier alpha value is -1.39. The normalized spacial score (nSPS) is 16.9. The maximum Gasteiger partial charge on any atom is 0.134 e. The molecule has 0 aromatic heterocycles. The molecule has 4 nitrogen and oxygen atoms in total. The molecule has 0 aliphatic rings.